The van der Waals surface area contributed by atoms with E-state index in [2.05, 4.69) is 10.3 Å². The van der Waals surface area contributed by atoms with Gasteiger partial charge in [-0.3, -0.25) is 9.78 Å². The number of pyridine rings is 1. The molecule has 4 rings (SSSR count). The minimum atomic E-state index is -0.433. The van der Waals surface area contributed by atoms with Crippen LogP contribution in [-0.2, 0) is 11.2 Å². The first kappa shape index (κ1) is 19.6. The number of para-hydroxylation sites is 2. The Morgan fingerprint density at radius 1 is 0.933 bits per heavy atom. The average Bonchev–Trinajstić information content (AvgIpc) is 2.78. The molecule has 0 saturated heterocycles. The number of nitrogens with zero attached hydrogens (tertiary/aromatic N) is 1. The van der Waals surface area contributed by atoms with E-state index in [0.29, 0.717) is 0 Å². The van der Waals surface area contributed by atoms with Crippen molar-refractivity contribution in [2.45, 2.75) is 12.5 Å². The van der Waals surface area contributed by atoms with Gasteiger partial charge in [-0.25, -0.2) is 4.39 Å². The third-order valence-corrected chi connectivity index (χ3v) is 4.85. The molecule has 0 spiro atoms. The lowest BCUT2D eigenvalue weighted by atomic mass is 10.0. The number of hydrogen-bond donors (Lipinski definition) is 1. The van der Waals surface area contributed by atoms with E-state index in [0.717, 1.165) is 22.0 Å². The molecule has 0 bridgehead atoms. The van der Waals surface area contributed by atoms with Gasteiger partial charge in [0.1, 0.15) is 6.61 Å². The van der Waals surface area contributed by atoms with Crippen molar-refractivity contribution < 1.29 is 13.9 Å². The number of halogens is 1. The van der Waals surface area contributed by atoms with Crippen LogP contribution in [0.5, 0.6) is 5.75 Å². The van der Waals surface area contributed by atoms with E-state index in [9.17, 15) is 9.18 Å². The van der Waals surface area contributed by atoms with Gasteiger partial charge >= 0.3 is 0 Å². The van der Waals surface area contributed by atoms with Gasteiger partial charge in [0.15, 0.2) is 11.6 Å². The molecule has 30 heavy (non-hydrogen) atoms. The summed E-state index contributed by atoms with van der Waals surface area (Å²) in [5, 5.41) is 4.01. The van der Waals surface area contributed by atoms with E-state index in [-0.39, 0.29) is 24.7 Å². The van der Waals surface area contributed by atoms with E-state index in [4.69, 9.17) is 4.74 Å². The molecular weight excluding hydrogens is 379 g/mol. The first-order valence-corrected chi connectivity index (χ1v) is 9.75. The molecule has 1 heterocycles. The number of rotatable bonds is 7. The predicted molar refractivity (Wildman–Crippen MR) is 115 cm³/mol. The maximum atomic E-state index is 13.9. The largest absolute Gasteiger partial charge is 0.488 e. The molecule has 0 fully saturated rings. The Bertz CT molecular complexity index is 1140. The van der Waals surface area contributed by atoms with Crippen LogP contribution in [0.1, 0.15) is 17.2 Å². The van der Waals surface area contributed by atoms with E-state index in [1.807, 2.05) is 60.7 Å². The van der Waals surface area contributed by atoms with Gasteiger partial charge in [-0.15, -0.1) is 0 Å². The van der Waals surface area contributed by atoms with Crippen molar-refractivity contribution in [2.75, 3.05) is 6.61 Å². The number of benzene rings is 3. The lowest BCUT2D eigenvalue weighted by molar-refractivity contribution is -0.121. The van der Waals surface area contributed by atoms with Crippen LogP contribution in [0.4, 0.5) is 4.39 Å². The van der Waals surface area contributed by atoms with Crippen molar-refractivity contribution in [3.05, 3.63) is 108 Å². The smallest absolute Gasteiger partial charge is 0.225 e. The van der Waals surface area contributed by atoms with E-state index < -0.39 is 11.9 Å². The van der Waals surface area contributed by atoms with Gasteiger partial charge in [-0.1, -0.05) is 66.7 Å². The molecule has 4 aromatic rings. The standard InChI is InChI=1S/C25H21FN2O2/c26-21-13-4-5-14-23(21)30-17-22(18-8-2-1-3-9-18)28-24(29)16-20-11-6-10-19-12-7-15-27-25(19)20/h1-15,22H,16-17H2,(H,28,29). The van der Waals surface area contributed by atoms with Crippen LogP contribution in [0.2, 0.25) is 0 Å². The van der Waals surface area contributed by atoms with Crippen molar-refractivity contribution in [3.63, 3.8) is 0 Å². The van der Waals surface area contributed by atoms with Gasteiger partial charge in [0.05, 0.1) is 18.0 Å². The van der Waals surface area contributed by atoms with Crippen molar-refractivity contribution in [1.82, 2.24) is 10.3 Å². The Morgan fingerprint density at radius 3 is 2.53 bits per heavy atom. The number of carbonyl (C=O) groups excluding carboxylic acids is 1. The summed E-state index contributed by atoms with van der Waals surface area (Å²) in [5.41, 5.74) is 2.56. The van der Waals surface area contributed by atoms with E-state index in [1.54, 1.807) is 24.4 Å². The monoisotopic (exact) mass is 400 g/mol. The van der Waals surface area contributed by atoms with Gasteiger partial charge in [-0.05, 0) is 29.3 Å². The fraction of sp³-hybridized carbons (Fsp3) is 0.120. The van der Waals surface area contributed by atoms with Gasteiger partial charge in [-0.2, -0.15) is 0 Å². The van der Waals surface area contributed by atoms with Crippen molar-refractivity contribution >= 4 is 16.8 Å². The van der Waals surface area contributed by atoms with Crippen LogP contribution in [0.15, 0.2) is 91.1 Å². The molecule has 4 nitrogen and oxygen atoms in total. The van der Waals surface area contributed by atoms with Crippen LogP contribution in [0.25, 0.3) is 10.9 Å². The molecule has 150 valence electrons. The normalized spacial score (nSPS) is 11.8. The van der Waals surface area contributed by atoms with Crippen molar-refractivity contribution in [1.29, 1.82) is 0 Å². The highest BCUT2D eigenvalue weighted by Gasteiger charge is 2.17. The third-order valence-electron chi connectivity index (χ3n) is 4.85. The molecule has 3 aromatic carbocycles. The molecule has 5 heteroatoms. The predicted octanol–water partition coefficient (Wildman–Crippen LogP) is 4.85. The number of nitrogens with one attached hydrogen (secondary N) is 1. The Labute approximate surface area is 174 Å². The summed E-state index contributed by atoms with van der Waals surface area (Å²) in [5.74, 6) is -0.428. The van der Waals surface area contributed by atoms with Crippen LogP contribution in [0, 0.1) is 5.82 Å². The molecular formula is C25H21FN2O2. The average molecular weight is 400 g/mol. The highest BCUT2D eigenvalue weighted by molar-refractivity contribution is 5.87. The summed E-state index contributed by atoms with van der Waals surface area (Å²) in [7, 11) is 0. The zero-order valence-electron chi connectivity index (χ0n) is 16.3. The Kier molecular flexibility index (Phi) is 5.99. The second-order valence-corrected chi connectivity index (χ2v) is 6.94. The lowest BCUT2D eigenvalue weighted by Gasteiger charge is -2.20. The molecule has 1 atom stereocenters. The quantitative estimate of drug-likeness (QED) is 0.482. The van der Waals surface area contributed by atoms with Crippen LogP contribution < -0.4 is 10.1 Å². The highest BCUT2D eigenvalue weighted by Crippen LogP contribution is 2.20. The minimum absolute atomic E-state index is 0.116. The molecule has 0 radical (unpaired) electrons. The third kappa shape index (κ3) is 4.63. The van der Waals surface area contributed by atoms with Gasteiger partial charge in [0.2, 0.25) is 5.91 Å². The van der Waals surface area contributed by atoms with Crippen molar-refractivity contribution in [2.24, 2.45) is 0 Å². The Hall–Kier alpha value is -3.73. The Morgan fingerprint density at radius 2 is 1.70 bits per heavy atom. The SMILES string of the molecule is O=C(Cc1cccc2cccnc12)NC(COc1ccccc1F)c1ccccc1. The van der Waals surface area contributed by atoms with Gasteiger partial charge < -0.3 is 10.1 Å². The molecule has 0 aliphatic rings. The molecule has 0 aliphatic heterocycles. The second-order valence-electron chi connectivity index (χ2n) is 6.94. The summed E-state index contributed by atoms with van der Waals surface area (Å²) in [6.07, 6.45) is 1.91. The summed E-state index contributed by atoms with van der Waals surface area (Å²) >= 11 is 0. The fourth-order valence-electron chi connectivity index (χ4n) is 3.37. The number of fused-ring (bicyclic) bond motifs is 1. The van der Waals surface area contributed by atoms with E-state index >= 15 is 0 Å². The highest BCUT2D eigenvalue weighted by atomic mass is 19.1. The first-order chi connectivity index (χ1) is 14.7. The molecule has 0 aliphatic carbocycles. The lowest BCUT2D eigenvalue weighted by Crippen LogP contribution is -2.33. The van der Waals surface area contributed by atoms with Crippen molar-refractivity contribution in [3.8, 4) is 5.75 Å². The zero-order valence-corrected chi connectivity index (χ0v) is 16.3. The molecule has 1 aromatic heterocycles. The number of aromatic nitrogens is 1. The summed E-state index contributed by atoms with van der Waals surface area (Å²) in [6, 6.07) is 25.0. The minimum Gasteiger partial charge on any atom is -0.488 e. The molecule has 1 amide bonds. The second kappa shape index (κ2) is 9.18. The molecule has 1 unspecified atom stereocenters. The van der Waals surface area contributed by atoms with Crippen LogP contribution in [-0.4, -0.2) is 17.5 Å². The maximum absolute atomic E-state index is 13.9. The molecule has 0 saturated carbocycles. The van der Waals surface area contributed by atoms with Crippen LogP contribution in [0.3, 0.4) is 0 Å². The van der Waals surface area contributed by atoms with Gasteiger partial charge in [0, 0.05) is 11.6 Å². The van der Waals surface area contributed by atoms with Gasteiger partial charge in [0.25, 0.3) is 0 Å². The topological polar surface area (TPSA) is 51.2 Å². The number of amides is 1. The Balaban J connectivity index is 1.51. The summed E-state index contributed by atoms with van der Waals surface area (Å²) < 4.78 is 19.6. The first-order valence-electron chi connectivity index (χ1n) is 9.75. The maximum Gasteiger partial charge on any atom is 0.225 e. The van der Waals surface area contributed by atoms with E-state index in [1.165, 1.54) is 6.07 Å². The van der Waals surface area contributed by atoms with Crippen LogP contribution >= 0.6 is 0 Å². The fourth-order valence-corrected chi connectivity index (χ4v) is 3.37. The number of carbonyl (C=O) groups is 1. The zero-order chi connectivity index (χ0) is 20.8. The summed E-state index contributed by atoms with van der Waals surface area (Å²) in [4.78, 5) is 17.3. The number of ether oxygens (including phenoxy) is 1. The molecule has 1 N–H and O–H groups in total. The number of hydrogen-bond acceptors (Lipinski definition) is 3. The summed E-state index contributed by atoms with van der Waals surface area (Å²) in [6.45, 7) is 0.116.